The van der Waals surface area contributed by atoms with Gasteiger partial charge in [0.1, 0.15) is 0 Å². The van der Waals surface area contributed by atoms with Gasteiger partial charge in [-0.25, -0.2) is 0 Å². The highest BCUT2D eigenvalue weighted by atomic mass is 16.4. The minimum Gasteiger partial charge on any atom is -0.481 e. The number of hydrogen-bond donors (Lipinski definition) is 2. The summed E-state index contributed by atoms with van der Waals surface area (Å²) in [6.07, 6.45) is 14.7. The number of hydrogen-bond acceptors (Lipinski definition) is 2. The van der Waals surface area contributed by atoms with Crippen molar-refractivity contribution in [3.63, 3.8) is 0 Å². The van der Waals surface area contributed by atoms with Crippen molar-refractivity contribution in [1.82, 2.24) is 0 Å². The number of carbonyl (C=O) groups is 2. The number of allylic oxidation sites excluding steroid dienone is 6. The van der Waals surface area contributed by atoms with Crippen LogP contribution in [0.2, 0.25) is 0 Å². The van der Waals surface area contributed by atoms with Gasteiger partial charge in [-0.05, 0) is 25.7 Å². The third-order valence-electron chi connectivity index (χ3n) is 2.09. The van der Waals surface area contributed by atoms with Gasteiger partial charge >= 0.3 is 11.9 Å². The molecule has 0 bridgehead atoms. The van der Waals surface area contributed by atoms with Crippen LogP contribution in [0.3, 0.4) is 0 Å². The fourth-order valence-corrected chi connectivity index (χ4v) is 1.19. The third kappa shape index (κ3) is 14.2. The zero-order chi connectivity index (χ0) is 13.6. The molecule has 0 atom stereocenters. The van der Waals surface area contributed by atoms with Gasteiger partial charge in [-0.3, -0.25) is 9.59 Å². The Bertz CT molecular complexity index is 295. The standard InChI is InChI=1S/C14H20O4/c15-13(16)11-9-7-5-3-1-2-4-6-8-10-12-14(17)18/h1-2,5-8H,3-4,9-12H2,(H,15,16)(H,17,18)/b2-1?,7-5-,8-6?. The second-order valence-electron chi connectivity index (χ2n) is 3.75. The van der Waals surface area contributed by atoms with E-state index in [0.29, 0.717) is 12.8 Å². The summed E-state index contributed by atoms with van der Waals surface area (Å²) in [6, 6.07) is 0. The maximum absolute atomic E-state index is 10.2. The van der Waals surface area contributed by atoms with E-state index in [4.69, 9.17) is 10.2 Å². The lowest BCUT2D eigenvalue weighted by atomic mass is 10.2. The Balaban J connectivity index is 3.43. The van der Waals surface area contributed by atoms with E-state index in [9.17, 15) is 9.59 Å². The molecular weight excluding hydrogens is 232 g/mol. The van der Waals surface area contributed by atoms with E-state index in [1.165, 1.54) is 0 Å². The largest absolute Gasteiger partial charge is 0.481 e. The van der Waals surface area contributed by atoms with Crippen molar-refractivity contribution in [2.24, 2.45) is 0 Å². The Hall–Kier alpha value is -1.84. The molecule has 0 saturated carbocycles. The molecule has 0 saturated heterocycles. The van der Waals surface area contributed by atoms with Gasteiger partial charge in [-0.2, -0.15) is 0 Å². The van der Waals surface area contributed by atoms with Crippen molar-refractivity contribution in [1.29, 1.82) is 0 Å². The van der Waals surface area contributed by atoms with Crippen molar-refractivity contribution >= 4 is 11.9 Å². The summed E-state index contributed by atoms with van der Waals surface area (Å²) in [4.78, 5) is 20.4. The molecule has 0 aromatic carbocycles. The molecule has 0 rings (SSSR count). The minimum absolute atomic E-state index is 0.173. The number of carboxylic acids is 2. The second-order valence-corrected chi connectivity index (χ2v) is 3.75. The van der Waals surface area contributed by atoms with E-state index in [0.717, 1.165) is 12.8 Å². The molecule has 100 valence electrons. The summed E-state index contributed by atoms with van der Waals surface area (Å²) in [5.74, 6) is -1.55. The van der Waals surface area contributed by atoms with E-state index in [-0.39, 0.29) is 12.8 Å². The molecule has 2 N–H and O–H groups in total. The summed E-state index contributed by atoms with van der Waals surface area (Å²) < 4.78 is 0. The Morgan fingerprint density at radius 3 is 1.33 bits per heavy atom. The quantitative estimate of drug-likeness (QED) is 0.586. The highest BCUT2D eigenvalue weighted by Gasteiger charge is 1.91. The molecule has 18 heavy (non-hydrogen) atoms. The zero-order valence-electron chi connectivity index (χ0n) is 10.4. The van der Waals surface area contributed by atoms with Crippen molar-refractivity contribution in [2.75, 3.05) is 0 Å². The van der Waals surface area contributed by atoms with E-state index in [2.05, 4.69) is 0 Å². The lowest BCUT2D eigenvalue weighted by Crippen LogP contribution is -1.91. The predicted octanol–water partition coefficient (Wildman–Crippen LogP) is 3.16. The van der Waals surface area contributed by atoms with Gasteiger partial charge < -0.3 is 10.2 Å². The van der Waals surface area contributed by atoms with E-state index in [1.54, 1.807) is 0 Å². The lowest BCUT2D eigenvalue weighted by molar-refractivity contribution is -0.137. The van der Waals surface area contributed by atoms with Crippen molar-refractivity contribution in [3.8, 4) is 0 Å². The van der Waals surface area contributed by atoms with Crippen LogP contribution in [0.1, 0.15) is 38.5 Å². The highest BCUT2D eigenvalue weighted by molar-refractivity contribution is 5.67. The summed E-state index contributed by atoms with van der Waals surface area (Å²) in [5, 5.41) is 16.8. The number of rotatable bonds is 10. The molecule has 0 aromatic rings. The Kier molecular flexibility index (Phi) is 10.4. The molecule has 4 nitrogen and oxygen atoms in total. The van der Waals surface area contributed by atoms with Crippen molar-refractivity contribution in [2.45, 2.75) is 38.5 Å². The molecule has 0 aliphatic heterocycles. The van der Waals surface area contributed by atoms with Crippen LogP contribution in [-0.2, 0) is 9.59 Å². The van der Waals surface area contributed by atoms with Crippen molar-refractivity contribution in [3.05, 3.63) is 36.5 Å². The Morgan fingerprint density at radius 2 is 1.00 bits per heavy atom. The maximum atomic E-state index is 10.2. The van der Waals surface area contributed by atoms with Crippen LogP contribution in [0.25, 0.3) is 0 Å². The third-order valence-corrected chi connectivity index (χ3v) is 2.09. The molecule has 0 fully saturated rings. The Morgan fingerprint density at radius 1 is 0.667 bits per heavy atom. The average molecular weight is 252 g/mol. The summed E-state index contributed by atoms with van der Waals surface area (Å²) in [6.45, 7) is 0. The first-order chi connectivity index (χ1) is 8.63. The minimum atomic E-state index is -0.776. The van der Waals surface area contributed by atoms with Crippen LogP contribution in [0.5, 0.6) is 0 Å². The molecule has 0 heterocycles. The fraction of sp³-hybridized carbons (Fsp3) is 0.429. The molecule has 0 aromatic heterocycles. The van der Waals surface area contributed by atoms with Gasteiger partial charge in [-0.15, -0.1) is 0 Å². The number of carboxylic acid groups (broad SMARTS) is 2. The monoisotopic (exact) mass is 252 g/mol. The topological polar surface area (TPSA) is 74.6 Å². The lowest BCUT2D eigenvalue weighted by Gasteiger charge is -1.88. The van der Waals surface area contributed by atoms with Crippen LogP contribution >= 0.6 is 0 Å². The second kappa shape index (κ2) is 11.6. The maximum Gasteiger partial charge on any atom is 0.303 e. The van der Waals surface area contributed by atoms with Crippen molar-refractivity contribution < 1.29 is 19.8 Å². The van der Waals surface area contributed by atoms with Gasteiger partial charge in [-0.1, -0.05) is 36.5 Å². The first kappa shape index (κ1) is 16.2. The summed E-state index contributed by atoms with van der Waals surface area (Å²) in [5.41, 5.74) is 0. The Labute approximate surface area is 107 Å². The van der Waals surface area contributed by atoms with E-state index < -0.39 is 11.9 Å². The zero-order valence-corrected chi connectivity index (χ0v) is 10.4. The number of aliphatic carboxylic acids is 2. The first-order valence-corrected chi connectivity index (χ1v) is 6.01. The van der Waals surface area contributed by atoms with Crippen LogP contribution in [0.15, 0.2) is 36.5 Å². The molecular formula is C14H20O4. The van der Waals surface area contributed by atoms with Crippen LogP contribution < -0.4 is 0 Å². The predicted molar refractivity (Wildman–Crippen MR) is 70.4 cm³/mol. The molecule has 0 aliphatic carbocycles. The smallest absolute Gasteiger partial charge is 0.303 e. The van der Waals surface area contributed by atoms with E-state index >= 15 is 0 Å². The van der Waals surface area contributed by atoms with Gasteiger partial charge in [0, 0.05) is 12.8 Å². The van der Waals surface area contributed by atoms with Crippen LogP contribution in [0.4, 0.5) is 0 Å². The van der Waals surface area contributed by atoms with Gasteiger partial charge in [0.25, 0.3) is 0 Å². The SMILES string of the molecule is O=C(O)CCC=CCC=CC/C=C\CCC(=O)O. The van der Waals surface area contributed by atoms with Gasteiger partial charge in [0.15, 0.2) is 0 Å². The van der Waals surface area contributed by atoms with Crippen LogP contribution in [-0.4, -0.2) is 22.2 Å². The van der Waals surface area contributed by atoms with E-state index in [1.807, 2.05) is 36.5 Å². The summed E-state index contributed by atoms with van der Waals surface area (Å²) >= 11 is 0. The summed E-state index contributed by atoms with van der Waals surface area (Å²) in [7, 11) is 0. The normalized spacial score (nSPS) is 11.8. The molecule has 0 unspecified atom stereocenters. The average Bonchev–Trinajstić information content (AvgIpc) is 2.29. The molecule has 0 amide bonds. The van der Waals surface area contributed by atoms with Gasteiger partial charge in [0.2, 0.25) is 0 Å². The molecule has 0 radical (unpaired) electrons. The first-order valence-electron chi connectivity index (χ1n) is 6.01. The van der Waals surface area contributed by atoms with Gasteiger partial charge in [0.05, 0.1) is 0 Å². The molecule has 0 aliphatic rings. The highest BCUT2D eigenvalue weighted by Crippen LogP contribution is 1.96. The fourth-order valence-electron chi connectivity index (χ4n) is 1.19. The van der Waals surface area contributed by atoms with Crippen LogP contribution in [0, 0.1) is 0 Å². The molecule has 4 heteroatoms. The molecule has 0 spiro atoms.